The van der Waals surface area contributed by atoms with E-state index in [0.717, 1.165) is 63.6 Å². The van der Waals surface area contributed by atoms with Crippen LogP contribution in [0.1, 0.15) is 64.4 Å². The van der Waals surface area contributed by atoms with E-state index >= 15 is 0 Å². The van der Waals surface area contributed by atoms with E-state index in [1.807, 2.05) is 17.1 Å². The summed E-state index contributed by atoms with van der Waals surface area (Å²) in [5, 5.41) is 1.87. The lowest BCUT2D eigenvalue weighted by molar-refractivity contribution is 0.0988. The zero-order chi connectivity index (χ0) is 23.2. The molecule has 1 saturated carbocycles. The Morgan fingerprint density at radius 1 is 1.09 bits per heavy atom. The second-order valence-corrected chi connectivity index (χ2v) is 12.6. The maximum absolute atomic E-state index is 13.1. The molecule has 2 aliphatic rings. The second kappa shape index (κ2) is 11.4. The first-order chi connectivity index (χ1) is 15.1. The third-order valence-corrected chi connectivity index (χ3v) is 8.24. The van der Waals surface area contributed by atoms with Crippen LogP contribution in [-0.2, 0) is 16.6 Å². The number of nitrogens with zero attached hydrogens (tertiary/aromatic N) is 3. The lowest BCUT2D eigenvalue weighted by atomic mass is 9.85. The summed E-state index contributed by atoms with van der Waals surface area (Å²) in [5.41, 5.74) is 1.20. The fourth-order valence-corrected chi connectivity index (χ4v) is 6.27. The number of rotatable bonds is 10. The molecule has 0 radical (unpaired) electrons. The summed E-state index contributed by atoms with van der Waals surface area (Å²) in [6.07, 6.45) is 8.85. The van der Waals surface area contributed by atoms with E-state index in [1.165, 1.54) is 32.1 Å². The SMILES string of the molecule is CN(C)CCN(Cc1cccc(S(=O)(=O)NN2CCCC(C)(C)C2)c1)CC1CCCCC1. The fourth-order valence-electron chi connectivity index (χ4n) is 5.10. The Morgan fingerprint density at radius 3 is 2.53 bits per heavy atom. The van der Waals surface area contributed by atoms with Gasteiger partial charge in [0.2, 0.25) is 0 Å². The normalized spacial score (nSPS) is 20.8. The van der Waals surface area contributed by atoms with Crippen molar-refractivity contribution in [2.24, 2.45) is 11.3 Å². The summed E-state index contributed by atoms with van der Waals surface area (Å²) in [5.74, 6) is 0.766. The molecule has 1 N–H and O–H groups in total. The number of benzene rings is 1. The molecule has 3 rings (SSSR count). The maximum Gasteiger partial charge on any atom is 0.253 e. The van der Waals surface area contributed by atoms with E-state index in [0.29, 0.717) is 4.90 Å². The van der Waals surface area contributed by atoms with E-state index in [9.17, 15) is 8.42 Å². The predicted octanol–water partition coefficient (Wildman–Crippen LogP) is 3.95. The average Bonchev–Trinajstić information content (AvgIpc) is 2.72. The Balaban J connectivity index is 1.67. The highest BCUT2D eigenvalue weighted by atomic mass is 32.2. The number of sulfonamides is 1. The van der Waals surface area contributed by atoms with Gasteiger partial charge in [0, 0.05) is 39.3 Å². The van der Waals surface area contributed by atoms with Gasteiger partial charge in [0.25, 0.3) is 10.0 Å². The molecule has 0 aromatic heterocycles. The lowest BCUT2D eigenvalue weighted by Gasteiger charge is -2.37. The molecule has 0 amide bonds. The molecule has 6 nitrogen and oxygen atoms in total. The number of likely N-dealkylation sites (N-methyl/N-ethyl adjacent to an activating group) is 1. The summed E-state index contributed by atoms with van der Waals surface area (Å²) < 4.78 is 26.2. The van der Waals surface area contributed by atoms with Crippen molar-refractivity contribution in [3.63, 3.8) is 0 Å². The van der Waals surface area contributed by atoms with Crippen molar-refractivity contribution in [2.45, 2.75) is 70.2 Å². The summed E-state index contributed by atoms with van der Waals surface area (Å²) in [4.78, 5) is 7.94. The molecule has 32 heavy (non-hydrogen) atoms. The number of piperidine rings is 1. The topological polar surface area (TPSA) is 55.9 Å². The Bertz CT molecular complexity index is 819. The van der Waals surface area contributed by atoms with E-state index in [2.05, 4.69) is 48.6 Å². The quantitative estimate of drug-likeness (QED) is 0.568. The third kappa shape index (κ3) is 8.10. The number of hydrogen-bond acceptors (Lipinski definition) is 5. The molecule has 182 valence electrons. The molecule has 7 heteroatoms. The Labute approximate surface area is 196 Å². The van der Waals surface area contributed by atoms with Gasteiger partial charge in [0.15, 0.2) is 0 Å². The number of nitrogens with one attached hydrogen (secondary N) is 1. The zero-order valence-electron chi connectivity index (χ0n) is 20.6. The molecule has 0 atom stereocenters. The van der Waals surface area contributed by atoms with Gasteiger partial charge in [0.1, 0.15) is 0 Å². The van der Waals surface area contributed by atoms with Gasteiger partial charge >= 0.3 is 0 Å². The van der Waals surface area contributed by atoms with Gasteiger partial charge in [-0.3, -0.25) is 4.90 Å². The first kappa shape index (κ1) is 25.6. The summed E-state index contributed by atoms with van der Waals surface area (Å²) in [6, 6.07) is 7.52. The number of hydrazine groups is 1. The number of hydrogen-bond donors (Lipinski definition) is 1. The molecule has 1 heterocycles. The van der Waals surface area contributed by atoms with Crippen LogP contribution in [0.5, 0.6) is 0 Å². The van der Waals surface area contributed by atoms with Gasteiger partial charge in [-0.25, -0.2) is 13.4 Å². The van der Waals surface area contributed by atoms with E-state index in [1.54, 1.807) is 6.07 Å². The van der Waals surface area contributed by atoms with Crippen LogP contribution in [-0.4, -0.2) is 70.0 Å². The van der Waals surface area contributed by atoms with Gasteiger partial charge in [-0.2, -0.15) is 0 Å². The van der Waals surface area contributed by atoms with Crippen molar-refractivity contribution >= 4 is 10.0 Å². The first-order valence-electron chi connectivity index (χ1n) is 12.4. The second-order valence-electron chi connectivity index (χ2n) is 11.0. The average molecular weight is 465 g/mol. The largest absolute Gasteiger partial charge is 0.308 e. The summed E-state index contributed by atoms with van der Waals surface area (Å²) in [6.45, 7) is 9.81. The summed E-state index contributed by atoms with van der Waals surface area (Å²) >= 11 is 0. The van der Waals surface area contributed by atoms with Crippen LogP contribution in [0.4, 0.5) is 0 Å². The smallest absolute Gasteiger partial charge is 0.253 e. The molecule has 0 unspecified atom stereocenters. The minimum absolute atomic E-state index is 0.134. The van der Waals surface area contributed by atoms with Gasteiger partial charge < -0.3 is 4.90 Å². The minimum atomic E-state index is -3.57. The van der Waals surface area contributed by atoms with E-state index in [4.69, 9.17) is 0 Å². The Kier molecular flexibility index (Phi) is 9.15. The van der Waals surface area contributed by atoms with Crippen molar-refractivity contribution in [1.29, 1.82) is 0 Å². The maximum atomic E-state index is 13.1. The molecule has 2 fully saturated rings. The standard InChI is InChI=1S/C25H44N4O2S/c1-25(2)14-9-15-29(21-25)26-32(30,31)24-13-8-12-23(18-24)20-28(17-16-27(3)4)19-22-10-6-5-7-11-22/h8,12-13,18,22,26H,5-7,9-11,14-17,19-21H2,1-4H3. The van der Waals surface area contributed by atoms with Crippen molar-refractivity contribution < 1.29 is 8.42 Å². The van der Waals surface area contributed by atoms with Crippen LogP contribution < -0.4 is 4.83 Å². The molecule has 1 aromatic rings. The Morgan fingerprint density at radius 2 is 1.84 bits per heavy atom. The predicted molar refractivity (Wildman–Crippen MR) is 132 cm³/mol. The fraction of sp³-hybridized carbons (Fsp3) is 0.760. The molecular formula is C25H44N4O2S. The van der Waals surface area contributed by atoms with Crippen LogP contribution in [0.15, 0.2) is 29.2 Å². The van der Waals surface area contributed by atoms with Gasteiger partial charge in [-0.1, -0.05) is 45.2 Å². The Hall–Kier alpha value is -0.990. The van der Waals surface area contributed by atoms with Crippen molar-refractivity contribution in [2.75, 3.05) is 46.8 Å². The van der Waals surface area contributed by atoms with Crippen LogP contribution in [0, 0.1) is 11.3 Å². The van der Waals surface area contributed by atoms with Gasteiger partial charge in [-0.05, 0) is 68.8 Å². The van der Waals surface area contributed by atoms with Crippen molar-refractivity contribution in [1.82, 2.24) is 19.6 Å². The molecule has 0 bridgehead atoms. The van der Waals surface area contributed by atoms with E-state index in [-0.39, 0.29) is 5.41 Å². The van der Waals surface area contributed by atoms with Crippen LogP contribution in [0.3, 0.4) is 0 Å². The zero-order valence-corrected chi connectivity index (χ0v) is 21.5. The molecule has 0 spiro atoms. The van der Waals surface area contributed by atoms with Crippen LogP contribution >= 0.6 is 0 Å². The van der Waals surface area contributed by atoms with Gasteiger partial charge in [0.05, 0.1) is 4.90 Å². The highest BCUT2D eigenvalue weighted by molar-refractivity contribution is 7.89. The molecule has 1 saturated heterocycles. The van der Waals surface area contributed by atoms with Gasteiger partial charge in [-0.15, -0.1) is 4.83 Å². The van der Waals surface area contributed by atoms with Crippen LogP contribution in [0.25, 0.3) is 0 Å². The summed E-state index contributed by atoms with van der Waals surface area (Å²) in [7, 11) is 0.649. The van der Waals surface area contributed by atoms with E-state index < -0.39 is 10.0 Å². The molecule has 1 aliphatic carbocycles. The molecular weight excluding hydrogens is 420 g/mol. The highest BCUT2D eigenvalue weighted by Gasteiger charge is 2.29. The monoisotopic (exact) mass is 464 g/mol. The lowest BCUT2D eigenvalue weighted by Crippen LogP contribution is -2.50. The first-order valence-corrected chi connectivity index (χ1v) is 13.8. The van der Waals surface area contributed by atoms with Crippen molar-refractivity contribution in [3.05, 3.63) is 29.8 Å². The molecule has 1 aromatic carbocycles. The van der Waals surface area contributed by atoms with Crippen LogP contribution in [0.2, 0.25) is 0 Å². The highest BCUT2D eigenvalue weighted by Crippen LogP contribution is 2.28. The van der Waals surface area contributed by atoms with Crippen molar-refractivity contribution in [3.8, 4) is 0 Å². The third-order valence-electron chi connectivity index (χ3n) is 6.87. The molecule has 1 aliphatic heterocycles. The minimum Gasteiger partial charge on any atom is -0.308 e.